The van der Waals surface area contributed by atoms with Gasteiger partial charge in [0.2, 0.25) is 0 Å². The summed E-state index contributed by atoms with van der Waals surface area (Å²) in [5, 5.41) is 1.12. The van der Waals surface area contributed by atoms with Crippen molar-refractivity contribution in [1.29, 1.82) is 0 Å². The Bertz CT molecular complexity index is 789. The molecule has 1 atom stereocenters. The van der Waals surface area contributed by atoms with Gasteiger partial charge in [0.25, 0.3) is 0 Å². The molecule has 3 rings (SSSR count). The van der Waals surface area contributed by atoms with Crippen LogP contribution in [0.5, 0.6) is 0 Å². The zero-order valence-electron chi connectivity index (χ0n) is 11.1. The highest BCUT2D eigenvalue weighted by Crippen LogP contribution is 2.31. The topological polar surface area (TPSA) is 50.9 Å². The third-order valence-electron chi connectivity index (χ3n) is 3.40. The van der Waals surface area contributed by atoms with Crippen LogP contribution in [0, 0.1) is 0 Å². The standard InChI is InChI=1S/C16H13Br2N3/c17-12-5-6-13(14(18)9-12)16(21-19)11-4-3-10-2-1-7-20-15(10)8-11/h1-9,16,21H,19H2. The van der Waals surface area contributed by atoms with Crippen molar-refractivity contribution < 1.29 is 0 Å². The number of rotatable bonds is 3. The highest BCUT2D eigenvalue weighted by molar-refractivity contribution is 9.11. The minimum Gasteiger partial charge on any atom is -0.271 e. The van der Waals surface area contributed by atoms with E-state index in [1.807, 2.05) is 30.3 Å². The smallest absolute Gasteiger partial charge is 0.0721 e. The first-order valence-electron chi connectivity index (χ1n) is 6.45. The summed E-state index contributed by atoms with van der Waals surface area (Å²) in [6, 6.07) is 16.1. The summed E-state index contributed by atoms with van der Waals surface area (Å²) in [7, 11) is 0. The number of fused-ring (bicyclic) bond motifs is 1. The van der Waals surface area contributed by atoms with Crippen LogP contribution in [-0.2, 0) is 0 Å². The summed E-state index contributed by atoms with van der Waals surface area (Å²) >= 11 is 7.06. The minimum atomic E-state index is -0.0983. The molecule has 0 saturated heterocycles. The number of nitrogens with zero attached hydrogens (tertiary/aromatic N) is 1. The van der Waals surface area contributed by atoms with Crippen molar-refractivity contribution in [3.8, 4) is 0 Å². The van der Waals surface area contributed by atoms with Gasteiger partial charge in [-0.05, 0) is 35.4 Å². The van der Waals surface area contributed by atoms with E-state index in [1.54, 1.807) is 6.20 Å². The van der Waals surface area contributed by atoms with Crippen LogP contribution >= 0.6 is 31.9 Å². The average molecular weight is 407 g/mol. The quantitative estimate of drug-likeness (QED) is 0.503. The Hall–Kier alpha value is -1.27. The van der Waals surface area contributed by atoms with Crippen molar-refractivity contribution in [2.24, 2.45) is 5.84 Å². The van der Waals surface area contributed by atoms with Crippen LogP contribution in [-0.4, -0.2) is 4.98 Å². The number of hydrazine groups is 1. The molecule has 0 bridgehead atoms. The maximum absolute atomic E-state index is 5.78. The number of halogens is 2. The lowest BCUT2D eigenvalue weighted by Crippen LogP contribution is -2.29. The third kappa shape index (κ3) is 3.01. The first kappa shape index (κ1) is 14.7. The Balaban J connectivity index is 2.09. The van der Waals surface area contributed by atoms with E-state index in [0.29, 0.717) is 0 Å². The fraction of sp³-hybridized carbons (Fsp3) is 0.0625. The summed E-state index contributed by atoms with van der Waals surface area (Å²) in [5.41, 5.74) is 6.00. The van der Waals surface area contributed by atoms with Crippen LogP contribution in [0.25, 0.3) is 10.9 Å². The third-order valence-corrected chi connectivity index (χ3v) is 4.58. The molecule has 1 aromatic heterocycles. The van der Waals surface area contributed by atoms with Crippen molar-refractivity contribution in [2.75, 3.05) is 0 Å². The molecule has 0 radical (unpaired) electrons. The zero-order chi connectivity index (χ0) is 14.8. The summed E-state index contributed by atoms with van der Waals surface area (Å²) in [5.74, 6) is 5.78. The lowest BCUT2D eigenvalue weighted by atomic mass is 9.98. The fourth-order valence-electron chi connectivity index (χ4n) is 2.36. The van der Waals surface area contributed by atoms with E-state index in [0.717, 1.165) is 31.0 Å². The van der Waals surface area contributed by atoms with Crippen molar-refractivity contribution in [1.82, 2.24) is 10.4 Å². The molecule has 0 aliphatic rings. The molecule has 3 N–H and O–H groups in total. The van der Waals surface area contributed by atoms with Gasteiger partial charge in [0, 0.05) is 20.5 Å². The molecule has 5 heteroatoms. The highest BCUT2D eigenvalue weighted by Gasteiger charge is 2.16. The molecule has 3 nitrogen and oxygen atoms in total. The summed E-state index contributed by atoms with van der Waals surface area (Å²) in [4.78, 5) is 4.40. The Morgan fingerprint density at radius 2 is 1.90 bits per heavy atom. The van der Waals surface area contributed by atoms with E-state index < -0.39 is 0 Å². The second-order valence-corrected chi connectivity index (χ2v) is 6.49. The fourth-order valence-corrected chi connectivity index (χ4v) is 3.64. The summed E-state index contributed by atoms with van der Waals surface area (Å²) < 4.78 is 2.02. The molecule has 0 spiro atoms. The normalized spacial score (nSPS) is 12.5. The summed E-state index contributed by atoms with van der Waals surface area (Å²) in [6.07, 6.45) is 1.80. The number of aromatic nitrogens is 1. The van der Waals surface area contributed by atoms with Gasteiger partial charge < -0.3 is 0 Å². The molecule has 106 valence electrons. The Morgan fingerprint density at radius 1 is 1.05 bits per heavy atom. The maximum Gasteiger partial charge on any atom is 0.0721 e. The van der Waals surface area contributed by atoms with E-state index in [9.17, 15) is 0 Å². The molecule has 0 saturated carbocycles. The SMILES string of the molecule is NNC(c1ccc2cccnc2c1)c1ccc(Br)cc1Br. The molecule has 21 heavy (non-hydrogen) atoms. The van der Waals surface area contributed by atoms with Gasteiger partial charge in [-0.2, -0.15) is 0 Å². The Kier molecular flexibility index (Phi) is 4.35. The molecule has 0 amide bonds. The molecule has 1 unspecified atom stereocenters. The lowest BCUT2D eigenvalue weighted by Gasteiger charge is -2.19. The summed E-state index contributed by atoms with van der Waals surface area (Å²) in [6.45, 7) is 0. The molecular weight excluding hydrogens is 394 g/mol. The number of hydrogen-bond donors (Lipinski definition) is 2. The Morgan fingerprint density at radius 3 is 2.67 bits per heavy atom. The minimum absolute atomic E-state index is 0.0983. The number of nitrogens with two attached hydrogens (primary N) is 1. The number of hydrogen-bond acceptors (Lipinski definition) is 3. The van der Waals surface area contributed by atoms with Crippen LogP contribution in [0.3, 0.4) is 0 Å². The number of nitrogens with one attached hydrogen (secondary N) is 1. The highest BCUT2D eigenvalue weighted by atomic mass is 79.9. The van der Waals surface area contributed by atoms with Crippen LogP contribution < -0.4 is 11.3 Å². The lowest BCUT2D eigenvalue weighted by molar-refractivity contribution is 0.635. The van der Waals surface area contributed by atoms with E-state index in [-0.39, 0.29) is 6.04 Å². The van der Waals surface area contributed by atoms with E-state index in [4.69, 9.17) is 5.84 Å². The predicted octanol–water partition coefficient (Wildman–Crippen LogP) is 4.31. The number of pyridine rings is 1. The Labute approximate surface area is 139 Å². The van der Waals surface area contributed by atoms with Crippen molar-refractivity contribution in [3.05, 3.63) is 74.8 Å². The van der Waals surface area contributed by atoms with E-state index in [2.05, 4.69) is 60.5 Å². The second kappa shape index (κ2) is 6.23. The van der Waals surface area contributed by atoms with Crippen LogP contribution in [0.4, 0.5) is 0 Å². The zero-order valence-corrected chi connectivity index (χ0v) is 14.2. The van der Waals surface area contributed by atoms with Crippen LogP contribution in [0.1, 0.15) is 17.2 Å². The van der Waals surface area contributed by atoms with Gasteiger partial charge in [0.1, 0.15) is 0 Å². The molecule has 0 fully saturated rings. The largest absolute Gasteiger partial charge is 0.271 e. The van der Waals surface area contributed by atoms with E-state index >= 15 is 0 Å². The van der Waals surface area contributed by atoms with Gasteiger partial charge in [0.05, 0.1) is 11.6 Å². The van der Waals surface area contributed by atoms with Crippen molar-refractivity contribution >= 4 is 42.8 Å². The maximum atomic E-state index is 5.78. The molecular formula is C16H13Br2N3. The van der Waals surface area contributed by atoms with Crippen molar-refractivity contribution in [2.45, 2.75) is 6.04 Å². The van der Waals surface area contributed by atoms with Crippen LogP contribution in [0.15, 0.2) is 63.7 Å². The average Bonchev–Trinajstić information content (AvgIpc) is 2.50. The van der Waals surface area contributed by atoms with Gasteiger partial charge in [-0.25, -0.2) is 5.43 Å². The van der Waals surface area contributed by atoms with Gasteiger partial charge in [-0.1, -0.05) is 56.1 Å². The first-order chi connectivity index (χ1) is 10.2. The molecule has 0 aliphatic carbocycles. The van der Waals surface area contributed by atoms with Gasteiger partial charge >= 0.3 is 0 Å². The van der Waals surface area contributed by atoms with Crippen LogP contribution in [0.2, 0.25) is 0 Å². The molecule has 3 aromatic rings. The molecule has 0 aliphatic heterocycles. The van der Waals surface area contributed by atoms with Gasteiger partial charge in [-0.15, -0.1) is 0 Å². The van der Waals surface area contributed by atoms with E-state index in [1.165, 1.54) is 0 Å². The molecule has 2 aromatic carbocycles. The monoisotopic (exact) mass is 405 g/mol. The molecule has 1 heterocycles. The van der Waals surface area contributed by atoms with Gasteiger partial charge in [-0.3, -0.25) is 10.8 Å². The first-order valence-corrected chi connectivity index (χ1v) is 8.03. The van der Waals surface area contributed by atoms with Gasteiger partial charge in [0.15, 0.2) is 0 Å². The predicted molar refractivity (Wildman–Crippen MR) is 92.8 cm³/mol. The van der Waals surface area contributed by atoms with Crippen molar-refractivity contribution in [3.63, 3.8) is 0 Å². The second-order valence-electron chi connectivity index (χ2n) is 4.72. The number of benzene rings is 2.